The van der Waals surface area contributed by atoms with E-state index in [4.69, 9.17) is 0 Å². The molecule has 0 aliphatic carbocycles. The first-order chi connectivity index (χ1) is 11.6. The molecule has 0 aliphatic rings. The summed E-state index contributed by atoms with van der Waals surface area (Å²) >= 11 is 0. The predicted octanol–water partition coefficient (Wildman–Crippen LogP) is 5.15. The van der Waals surface area contributed by atoms with Gasteiger partial charge in [0.2, 0.25) is 0 Å². The van der Waals surface area contributed by atoms with E-state index in [0.29, 0.717) is 0 Å². The zero-order chi connectivity index (χ0) is 16.8. The topological polar surface area (TPSA) is 34.1 Å². The van der Waals surface area contributed by atoms with Crippen molar-refractivity contribution in [3.8, 4) is 0 Å². The Kier molecular flexibility index (Phi) is 3.20. The lowest BCUT2D eigenvalue weighted by Crippen LogP contribution is -2.05. The third kappa shape index (κ3) is 2.11. The summed E-state index contributed by atoms with van der Waals surface area (Å²) < 4.78 is 0. The van der Waals surface area contributed by atoms with E-state index in [-0.39, 0.29) is 17.1 Å². The maximum Gasteiger partial charge on any atom is 0.163 e. The lowest BCUT2D eigenvalue weighted by molar-refractivity contribution is -0.119. The molecule has 0 atom stereocenters. The molecule has 0 saturated heterocycles. The molecule has 24 heavy (non-hydrogen) atoms. The molecule has 0 bridgehead atoms. The molecule has 4 aromatic carbocycles. The minimum atomic E-state index is -0.201. The van der Waals surface area contributed by atoms with E-state index in [9.17, 15) is 9.59 Å². The van der Waals surface area contributed by atoms with Gasteiger partial charge >= 0.3 is 0 Å². The van der Waals surface area contributed by atoms with Gasteiger partial charge in [0, 0.05) is 0 Å². The summed E-state index contributed by atoms with van der Waals surface area (Å²) in [6.07, 6.45) is 1.72. The number of hydrogen-bond acceptors (Lipinski definition) is 2. The maximum atomic E-state index is 11.8. The molecule has 0 fully saturated rings. The monoisotopic (exact) mass is 312 g/mol. The Bertz CT molecular complexity index is 1120. The number of rotatable bonds is 3. The van der Waals surface area contributed by atoms with Gasteiger partial charge < -0.3 is 0 Å². The highest BCUT2D eigenvalue weighted by atomic mass is 16.1. The number of carbonyl (C=O) groups excluding carboxylic acids is 2. The van der Waals surface area contributed by atoms with Crippen LogP contribution in [0.15, 0.2) is 60.2 Å². The molecule has 0 aliphatic heterocycles. The summed E-state index contributed by atoms with van der Waals surface area (Å²) in [5, 5.41) is 7.05. The highest BCUT2D eigenvalue weighted by Crippen LogP contribution is 2.36. The predicted molar refractivity (Wildman–Crippen MR) is 99.5 cm³/mol. The molecule has 0 amide bonds. The molecular formula is C22H16O2. The van der Waals surface area contributed by atoms with Crippen molar-refractivity contribution in [3.05, 3.63) is 65.7 Å². The molecule has 0 unspecified atom stereocenters. The SMILES string of the molecule is CC(=O)C(=Cc1ccc2ccc3cccc4ccc1c2c34)C(C)=O. The molecule has 0 heterocycles. The van der Waals surface area contributed by atoms with Gasteiger partial charge in [-0.25, -0.2) is 0 Å². The van der Waals surface area contributed by atoms with Crippen LogP contribution in [0.5, 0.6) is 0 Å². The molecular weight excluding hydrogens is 296 g/mol. The Labute approximate surface area is 139 Å². The summed E-state index contributed by atoms with van der Waals surface area (Å²) in [5.41, 5.74) is 1.14. The minimum Gasteiger partial charge on any atom is -0.294 e. The van der Waals surface area contributed by atoms with Crippen LogP contribution in [-0.2, 0) is 9.59 Å². The van der Waals surface area contributed by atoms with Crippen molar-refractivity contribution in [1.29, 1.82) is 0 Å². The number of carbonyl (C=O) groups is 2. The van der Waals surface area contributed by atoms with Crippen LogP contribution < -0.4 is 0 Å². The molecule has 2 nitrogen and oxygen atoms in total. The zero-order valence-corrected chi connectivity index (χ0v) is 13.6. The van der Waals surface area contributed by atoms with E-state index in [1.54, 1.807) is 6.08 Å². The average molecular weight is 312 g/mol. The van der Waals surface area contributed by atoms with Crippen molar-refractivity contribution in [2.24, 2.45) is 0 Å². The highest BCUT2D eigenvalue weighted by Gasteiger charge is 2.13. The summed E-state index contributed by atoms with van der Waals surface area (Å²) in [5.74, 6) is -0.401. The van der Waals surface area contributed by atoms with Crippen molar-refractivity contribution >= 4 is 50.0 Å². The quantitative estimate of drug-likeness (QED) is 0.227. The van der Waals surface area contributed by atoms with Crippen molar-refractivity contribution < 1.29 is 9.59 Å². The van der Waals surface area contributed by atoms with Crippen molar-refractivity contribution in [1.82, 2.24) is 0 Å². The van der Waals surface area contributed by atoms with Crippen LogP contribution in [-0.4, -0.2) is 11.6 Å². The van der Waals surface area contributed by atoms with Gasteiger partial charge in [0.15, 0.2) is 11.6 Å². The first-order valence-corrected chi connectivity index (χ1v) is 7.96. The zero-order valence-electron chi connectivity index (χ0n) is 13.6. The summed E-state index contributed by atoms with van der Waals surface area (Å²) in [7, 11) is 0. The largest absolute Gasteiger partial charge is 0.294 e. The van der Waals surface area contributed by atoms with Crippen LogP contribution in [0.4, 0.5) is 0 Å². The lowest BCUT2D eigenvalue weighted by atomic mass is 9.91. The fourth-order valence-electron chi connectivity index (χ4n) is 3.49. The van der Waals surface area contributed by atoms with E-state index in [2.05, 4.69) is 48.5 Å². The summed E-state index contributed by atoms with van der Waals surface area (Å²) in [4.78, 5) is 23.5. The summed E-state index contributed by atoms with van der Waals surface area (Å²) in [6.45, 7) is 2.87. The molecule has 0 radical (unpaired) electrons. The van der Waals surface area contributed by atoms with Crippen LogP contribution in [0.25, 0.3) is 38.4 Å². The molecule has 2 heteroatoms. The Morgan fingerprint density at radius 2 is 1.25 bits per heavy atom. The molecule has 0 spiro atoms. The van der Waals surface area contributed by atoms with Gasteiger partial charge in [-0.3, -0.25) is 9.59 Å². The Morgan fingerprint density at radius 1 is 0.708 bits per heavy atom. The van der Waals surface area contributed by atoms with Gasteiger partial charge in [0.25, 0.3) is 0 Å². The van der Waals surface area contributed by atoms with Crippen LogP contribution in [0.1, 0.15) is 19.4 Å². The second-order valence-electron chi connectivity index (χ2n) is 6.18. The first kappa shape index (κ1) is 14.6. The second-order valence-corrected chi connectivity index (χ2v) is 6.18. The number of allylic oxidation sites excluding steroid dienone is 1. The van der Waals surface area contributed by atoms with Gasteiger partial charge in [-0.1, -0.05) is 54.6 Å². The molecule has 0 aromatic heterocycles. The number of hydrogen-bond donors (Lipinski definition) is 0. The van der Waals surface area contributed by atoms with Crippen LogP contribution in [0, 0.1) is 0 Å². The van der Waals surface area contributed by atoms with Crippen molar-refractivity contribution in [3.63, 3.8) is 0 Å². The highest BCUT2D eigenvalue weighted by molar-refractivity contribution is 6.26. The van der Waals surface area contributed by atoms with Gasteiger partial charge in [0.1, 0.15) is 0 Å². The number of ketones is 2. The molecule has 116 valence electrons. The first-order valence-electron chi connectivity index (χ1n) is 7.96. The van der Waals surface area contributed by atoms with Crippen LogP contribution in [0.3, 0.4) is 0 Å². The minimum absolute atomic E-state index is 0.201. The van der Waals surface area contributed by atoms with Gasteiger partial charge in [0.05, 0.1) is 5.57 Å². The normalized spacial score (nSPS) is 11.2. The van der Waals surface area contributed by atoms with E-state index >= 15 is 0 Å². The Balaban J connectivity index is 2.13. The standard InChI is InChI=1S/C22H16O2/c1-13(23)20(14(2)24)12-18-9-8-17-7-6-15-4-3-5-16-10-11-19(18)22(17)21(15)16/h3-12H,1-2H3. The second kappa shape index (κ2) is 5.27. The van der Waals surface area contributed by atoms with Crippen molar-refractivity contribution in [2.45, 2.75) is 13.8 Å². The fraction of sp³-hybridized carbons (Fsp3) is 0.0909. The fourth-order valence-corrected chi connectivity index (χ4v) is 3.49. The van der Waals surface area contributed by atoms with Crippen LogP contribution in [0.2, 0.25) is 0 Å². The van der Waals surface area contributed by atoms with Crippen LogP contribution >= 0.6 is 0 Å². The number of Topliss-reactive ketones (excluding diaryl/α,β-unsaturated/α-hetero) is 2. The molecule has 0 N–H and O–H groups in total. The Morgan fingerprint density at radius 3 is 1.88 bits per heavy atom. The van der Waals surface area contributed by atoms with E-state index in [0.717, 1.165) is 10.9 Å². The van der Waals surface area contributed by atoms with Crippen molar-refractivity contribution in [2.75, 3.05) is 0 Å². The molecule has 4 rings (SSSR count). The van der Waals surface area contributed by atoms with E-state index in [1.807, 2.05) is 6.07 Å². The molecule has 0 saturated carbocycles. The average Bonchev–Trinajstić information content (AvgIpc) is 2.57. The maximum absolute atomic E-state index is 11.8. The third-order valence-corrected chi connectivity index (χ3v) is 4.62. The Hall–Kier alpha value is -3.00. The summed E-state index contributed by atoms with van der Waals surface area (Å²) in [6, 6.07) is 18.7. The smallest absolute Gasteiger partial charge is 0.163 e. The van der Waals surface area contributed by atoms with Gasteiger partial charge in [-0.05, 0) is 57.8 Å². The van der Waals surface area contributed by atoms with E-state index < -0.39 is 0 Å². The lowest BCUT2D eigenvalue weighted by Gasteiger charge is -2.12. The van der Waals surface area contributed by atoms with Gasteiger partial charge in [-0.2, -0.15) is 0 Å². The number of benzene rings is 4. The molecule has 4 aromatic rings. The third-order valence-electron chi connectivity index (χ3n) is 4.62. The van der Waals surface area contributed by atoms with Gasteiger partial charge in [-0.15, -0.1) is 0 Å². The van der Waals surface area contributed by atoms with E-state index in [1.165, 1.54) is 40.8 Å².